The van der Waals surface area contributed by atoms with Gasteiger partial charge in [-0.2, -0.15) is 0 Å². The van der Waals surface area contributed by atoms with Gasteiger partial charge in [0.05, 0.1) is 6.33 Å². The normalized spacial score (nSPS) is 11.8. The maximum absolute atomic E-state index is 10.3. The van der Waals surface area contributed by atoms with E-state index in [2.05, 4.69) is 9.97 Å². The van der Waals surface area contributed by atoms with E-state index in [0.29, 0.717) is 0 Å². The Balaban J connectivity index is 0.000000423. The third-order valence-electron chi connectivity index (χ3n) is 1.31. The van der Waals surface area contributed by atoms with Crippen LogP contribution in [0, 0.1) is 0 Å². The van der Waals surface area contributed by atoms with Crippen LogP contribution in [0.5, 0.6) is 0 Å². The highest BCUT2D eigenvalue weighted by Gasteiger charge is 2.11. The van der Waals surface area contributed by atoms with Gasteiger partial charge in [0, 0.05) is 18.3 Å². The molecule has 5 nitrogen and oxygen atoms in total. The van der Waals surface area contributed by atoms with E-state index >= 15 is 0 Å². The van der Waals surface area contributed by atoms with Crippen LogP contribution in [-0.4, -0.2) is 31.4 Å². The number of aromatic nitrogens is 2. The molecule has 0 saturated carbocycles. The highest BCUT2D eigenvalue weighted by atomic mass is 35.6. The van der Waals surface area contributed by atoms with Gasteiger partial charge < -0.3 is 15.8 Å². The fraction of sp³-hybridized carbons (Fsp3) is 0.429. The number of nitrogens with zero attached hydrogens (tertiary/aromatic N) is 1. The summed E-state index contributed by atoms with van der Waals surface area (Å²) in [4.78, 5) is 16.8. The van der Waals surface area contributed by atoms with Crippen molar-refractivity contribution in [1.82, 2.24) is 9.97 Å². The molecule has 0 aromatic carbocycles. The molecule has 4 N–H and O–H groups in total. The molecule has 0 fully saturated rings. The number of imidazole rings is 1. The lowest BCUT2D eigenvalue weighted by molar-refractivity contribution is -0.138. The van der Waals surface area contributed by atoms with Gasteiger partial charge in [0.15, 0.2) is 4.30 Å². The number of aromatic amines is 1. The summed E-state index contributed by atoms with van der Waals surface area (Å²) in [6.45, 7) is 0. The van der Waals surface area contributed by atoms with Gasteiger partial charge >= 0.3 is 5.97 Å². The molecule has 1 aromatic rings. The van der Waals surface area contributed by atoms with Crippen molar-refractivity contribution < 1.29 is 9.90 Å². The van der Waals surface area contributed by atoms with E-state index in [4.69, 9.17) is 45.6 Å². The predicted octanol–water partition coefficient (Wildman–Crippen LogP) is 1.35. The number of nitrogens with two attached hydrogens (primary N) is 1. The number of rotatable bonds is 3. The lowest BCUT2D eigenvalue weighted by atomic mass is 10.2. The Hall–Kier alpha value is -0.490. The number of hydrogen-bond acceptors (Lipinski definition) is 3. The summed E-state index contributed by atoms with van der Waals surface area (Å²) < 4.78 is -0.750. The molecule has 86 valence electrons. The van der Waals surface area contributed by atoms with Gasteiger partial charge in [-0.3, -0.25) is 4.79 Å². The first-order valence-corrected chi connectivity index (χ1v) is 5.12. The van der Waals surface area contributed by atoms with Crippen LogP contribution < -0.4 is 5.73 Å². The van der Waals surface area contributed by atoms with Crippen molar-refractivity contribution in [3.63, 3.8) is 0 Å². The smallest absolute Gasteiger partial charge is 0.320 e. The third kappa shape index (κ3) is 8.50. The number of halogens is 3. The van der Waals surface area contributed by atoms with Crippen LogP contribution in [0.2, 0.25) is 0 Å². The number of H-pyrrole nitrogens is 1. The molecule has 1 atom stereocenters. The van der Waals surface area contributed by atoms with E-state index in [1.807, 2.05) is 0 Å². The molecular formula is C7H10Cl3N3O2. The summed E-state index contributed by atoms with van der Waals surface area (Å²) >= 11 is 14.4. The second-order valence-electron chi connectivity index (χ2n) is 2.47. The van der Waals surface area contributed by atoms with Crippen LogP contribution in [0.4, 0.5) is 0 Å². The molecule has 1 rings (SSSR count). The average molecular weight is 275 g/mol. The van der Waals surface area contributed by atoms with Crippen molar-refractivity contribution in [1.29, 1.82) is 0 Å². The van der Waals surface area contributed by atoms with Crippen molar-refractivity contribution >= 4 is 40.8 Å². The minimum Gasteiger partial charge on any atom is -0.480 e. The summed E-state index contributed by atoms with van der Waals surface area (Å²) in [7, 11) is 0. The van der Waals surface area contributed by atoms with Crippen LogP contribution >= 0.6 is 34.8 Å². The maximum atomic E-state index is 10.3. The Labute approximate surface area is 102 Å². The lowest BCUT2D eigenvalue weighted by Crippen LogP contribution is -2.32. The summed E-state index contributed by atoms with van der Waals surface area (Å²) in [5.41, 5.74) is 6.00. The van der Waals surface area contributed by atoms with E-state index in [0.717, 1.165) is 5.69 Å². The lowest BCUT2D eigenvalue weighted by Gasteiger charge is -2.02. The van der Waals surface area contributed by atoms with Crippen molar-refractivity contribution in [2.45, 2.75) is 16.8 Å². The second-order valence-corrected chi connectivity index (χ2v) is 4.45. The quantitative estimate of drug-likeness (QED) is 0.726. The summed E-state index contributed by atoms with van der Waals surface area (Å²) in [5.74, 6) is -1.00. The first kappa shape index (κ1) is 14.5. The van der Waals surface area contributed by atoms with Crippen LogP contribution in [0.15, 0.2) is 12.5 Å². The van der Waals surface area contributed by atoms with Gasteiger partial charge in [-0.05, 0) is 0 Å². The number of carbonyl (C=O) groups is 1. The maximum Gasteiger partial charge on any atom is 0.320 e. The molecule has 0 amide bonds. The highest BCUT2D eigenvalue weighted by molar-refractivity contribution is 6.63. The monoisotopic (exact) mass is 273 g/mol. The zero-order chi connectivity index (χ0) is 11.8. The van der Waals surface area contributed by atoms with E-state index in [1.165, 1.54) is 6.33 Å². The molecule has 0 radical (unpaired) electrons. The fourth-order valence-corrected chi connectivity index (χ4v) is 0.721. The molecule has 1 unspecified atom stereocenters. The zero-order valence-electron chi connectivity index (χ0n) is 7.53. The zero-order valence-corrected chi connectivity index (χ0v) is 9.80. The van der Waals surface area contributed by atoms with Crippen molar-refractivity contribution in [2.75, 3.05) is 0 Å². The van der Waals surface area contributed by atoms with Crippen LogP contribution in [0.3, 0.4) is 0 Å². The molecule has 1 aromatic heterocycles. The summed E-state index contributed by atoms with van der Waals surface area (Å²) in [6.07, 6.45) is 3.34. The molecule has 8 heteroatoms. The molecular weight excluding hydrogens is 264 g/mol. The Morgan fingerprint density at radius 2 is 2.13 bits per heavy atom. The van der Waals surface area contributed by atoms with Crippen molar-refractivity contribution in [3.05, 3.63) is 18.2 Å². The number of alkyl halides is 3. The standard InChI is InChI=1S/C6H9N3O2.CHCl3/c7-5(6(10)11)1-4-2-8-3-9-4;2-1(3)4/h2-3,5H,1,7H2,(H,8,9)(H,10,11);1H. The number of aliphatic carboxylic acids is 1. The Morgan fingerprint density at radius 3 is 2.47 bits per heavy atom. The molecule has 0 aliphatic rings. The van der Waals surface area contributed by atoms with E-state index in [1.54, 1.807) is 6.20 Å². The first-order chi connectivity index (χ1) is 6.93. The number of carboxylic acid groups (broad SMARTS) is 1. The largest absolute Gasteiger partial charge is 0.480 e. The van der Waals surface area contributed by atoms with Gasteiger partial charge in [0.25, 0.3) is 0 Å². The minimum atomic E-state index is -1.00. The Bertz CT molecular complexity index is 276. The number of nitrogens with one attached hydrogen (secondary N) is 1. The fourth-order valence-electron chi connectivity index (χ4n) is 0.721. The topological polar surface area (TPSA) is 92.0 Å². The van der Waals surface area contributed by atoms with Crippen molar-refractivity contribution in [3.8, 4) is 0 Å². The summed E-state index contributed by atoms with van der Waals surface area (Å²) in [6, 6.07) is -0.851. The van der Waals surface area contributed by atoms with Crippen molar-refractivity contribution in [2.24, 2.45) is 5.73 Å². The van der Waals surface area contributed by atoms with Gasteiger partial charge in [0.1, 0.15) is 6.04 Å². The van der Waals surface area contributed by atoms with Crippen LogP contribution in [0.25, 0.3) is 0 Å². The van der Waals surface area contributed by atoms with Gasteiger partial charge in [-0.1, -0.05) is 34.8 Å². The second kappa shape index (κ2) is 7.76. The van der Waals surface area contributed by atoms with Crippen LogP contribution in [-0.2, 0) is 11.2 Å². The first-order valence-electron chi connectivity index (χ1n) is 3.81. The van der Waals surface area contributed by atoms with Gasteiger partial charge in [-0.25, -0.2) is 4.98 Å². The predicted molar refractivity (Wildman–Crippen MR) is 59.2 cm³/mol. The highest BCUT2D eigenvalue weighted by Crippen LogP contribution is 2.03. The third-order valence-corrected chi connectivity index (χ3v) is 1.31. The van der Waals surface area contributed by atoms with Gasteiger partial charge in [0.2, 0.25) is 0 Å². The van der Waals surface area contributed by atoms with Gasteiger partial charge in [-0.15, -0.1) is 0 Å². The van der Waals surface area contributed by atoms with E-state index < -0.39 is 16.3 Å². The molecule has 1 heterocycles. The minimum absolute atomic E-state index is 0.287. The van der Waals surface area contributed by atoms with E-state index in [-0.39, 0.29) is 6.42 Å². The molecule has 0 aliphatic carbocycles. The molecule has 15 heavy (non-hydrogen) atoms. The SMILES string of the molecule is ClC(Cl)Cl.NC(Cc1cnc[nH]1)C(=O)O. The average Bonchev–Trinajstić information content (AvgIpc) is 2.55. The van der Waals surface area contributed by atoms with Crippen LogP contribution in [0.1, 0.15) is 5.69 Å². The molecule has 0 spiro atoms. The Morgan fingerprint density at radius 1 is 1.60 bits per heavy atom. The van der Waals surface area contributed by atoms with E-state index in [9.17, 15) is 4.79 Å². The molecule has 0 saturated heterocycles. The molecule has 0 aliphatic heterocycles. The summed E-state index contributed by atoms with van der Waals surface area (Å²) in [5, 5.41) is 8.42. The molecule has 0 bridgehead atoms. The number of hydrogen-bond donors (Lipinski definition) is 3. The number of carboxylic acids is 1. The Kier molecular flexibility index (Phi) is 7.50.